The monoisotopic (exact) mass is 413 g/mol. The van der Waals surface area contributed by atoms with Crippen LogP contribution in [-0.2, 0) is 23.4 Å². The first kappa shape index (κ1) is 19.2. The highest BCUT2D eigenvalue weighted by atomic mass is 32.2. The quantitative estimate of drug-likeness (QED) is 0.625. The number of H-pyrrole nitrogens is 1. The molecule has 0 bridgehead atoms. The molecule has 7 heteroatoms. The molecule has 1 aliphatic carbocycles. The van der Waals surface area contributed by atoms with Crippen molar-refractivity contribution in [3.63, 3.8) is 0 Å². The number of thioether (sulfide) groups is 1. The number of hydrogen-bond donors (Lipinski definition) is 2. The number of thiophene rings is 1. The number of amides is 1. The Balaban J connectivity index is 1.34. The number of rotatable bonds is 6. The third-order valence-corrected chi connectivity index (χ3v) is 7.09. The number of carbonyl (C=O) groups excluding carboxylic acids is 1. The molecule has 0 aliphatic heterocycles. The molecule has 1 aliphatic rings. The fourth-order valence-corrected chi connectivity index (χ4v) is 5.47. The lowest BCUT2D eigenvalue weighted by atomic mass is 10.0. The summed E-state index contributed by atoms with van der Waals surface area (Å²) in [5.41, 5.74) is 3.19. The van der Waals surface area contributed by atoms with Crippen molar-refractivity contribution in [2.24, 2.45) is 0 Å². The van der Waals surface area contributed by atoms with E-state index in [9.17, 15) is 9.59 Å². The van der Waals surface area contributed by atoms with Crippen LogP contribution in [-0.4, -0.2) is 21.6 Å². The van der Waals surface area contributed by atoms with Crippen LogP contribution < -0.4 is 10.9 Å². The largest absolute Gasteiger partial charge is 0.325 e. The van der Waals surface area contributed by atoms with Crippen LogP contribution in [0.4, 0.5) is 5.69 Å². The van der Waals surface area contributed by atoms with E-state index in [1.807, 2.05) is 24.3 Å². The summed E-state index contributed by atoms with van der Waals surface area (Å²) >= 11 is 3.09. The lowest BCUT2D eigenvalue weighted by Crippen LogP contribution is -2.15. The Morgan fingerprint density at radius 1 is 1.29 bits per heavy atom. The number of fused-ring (bicyclic) bond motifs is 3. The van der Waals surface area contributed by atoms with Crippen molar-refractivity contribution < 1.29 is 4.79 Å². The van der Waals surface area contributed by atoms with Gasteiger partial charge in [-0.05, 0) is 48.4 Å². The Labute approximate surface area is 172 Å². The van der Waals surface area contributed by atoms with Gasteiger partial charge in [0.25, 0.3) is 5.56 Å². The minimum Gasteiger partial charge on any atom is -0.325 e. The molecular weight excluding hydrogens is 390 g/mol. The summed E-state index contributed by atoms with van der Waals surface area (Å²) in [7, 11) is 0. The first-order chi connectivity index (χ1) is 13.5. The molecule has 0 atom stereocenters. The van der Waals surface area contributed by atoms with Crippen LogP contribution in [0.2, 0.25) is 0 Å². The molecule has 5 nitrogen and oxygen atoms in total. The molecule has 1 amide bonds. The van der Waals surface area contributed by atoms with Gasteiger partial charge >= 0.3 is 0 Å². The lowest BCUT2D eigenvalue weighted by Gasteiger charge is -2.08. The number of carbonyl (C=O) groups is 1. The van der Waals surface area contributed by atoms with E-state index < -0.39 is 0 Å². The van der Waals surface area contributed by atoms with Gasteiger partial charge in [-0.3, -0.25) is 9.59 Å². The topological polar surface area (TPSA) is 74.8 Å². The van der Waals surface area contributed by atoms with Crippen molar-refractivity contribution in [2.75, 3.05) is 11.1 Å². The van der Waals surface area contributed by atoms with Crippen molar-refractivity contribution in [1.82, 2.24) is 9.97 Å². The second-order valence-electron chi connectivity index (χ2n) is 7.37. The molecule has 0 saturated carbocycles. The molecule has 2 N–H and O–H groups in total. The minimum absolute atomic E-state index is 0.0466. The Hall–Kier alpha value is -2.12. The van der Waals surface area contributed by atoms with Crippen LogP contribution in [0.5, 0.6) is 0 Å². The zero-order chi connectivity index (χ0) is 19.7. The number of hydrogen-bond acceptors (Lipinski definition) is 5. The van der Waals surface area contributed by atoms with Gasteiger partial charge in [-0.15, -0.1) is 23.1 Å². The van der Waals surface area contributed by atoms with Crippen molar-refractivity contribution in [3.05, 3.63) is 56.4 Å². The molecular formula is C21H23N3O2S2. The number of aromatic nitrogens is 2. The average molecular weight is 414 g/mol. The summed E-state index contributed by atoms with van der Waals surface area (Å²) in [6.07, 6.45) is 3.16. The molecule has 2 aromatic heterocycles. The van der Waals surface area contributed by atoms with Gasteiger partial charge in [0.05, 0.1) is 16.9 Å². The maximum Gasteiger partial charge on any atom is 0.259 e. The van der Waals surface area contributed by atoms with E-state index in [1.165, 1.54) is 27.8 Å². The lowest BCUT2D eigenvalue weighted by molar-refractivity contribution is -0.113. The second-order valence-corrected chi connectivity index (χ2v) is 9.44. The first-order valence-corrected chi connectivity index (χ1v) is 11.5. The highest BCUT2D eigenvalue weighted by molar-refractivity contribution is 7.99. The number of aryl methyl sites for hydroxylation is 2. The highest BCUT2D eigenvalue weighted by Crippen LogP contribution is 2.34. The van der Waals surface area contributed by atoms with Crippen molar-refractivity contribution in [3.8, 4) is 0 Å². The van der Waals surface area contributed by atoms with Crippen LogP contribution in [0, 0.1) is 0 Å². The molecule has 4 rings (SSSR count). The smallest absolute Gasteiger partial charge is 0.259 e. The number of benzene rings is 1. The maximum absolute atomic E-state index is 12.5. The van der Waals surface area contributed by atoms with Crippen LogP contribution in [0.3, 0.4) is 0 Å². The Morgan fingerprint density at radius 3 is 2.82 bits per heavy atom. The van der Waals surface area contributed by atoms with Crippen molar-refractivity contribution >= 4 is 44.9 Å². The molecule has 2 heterocycles. The second kappa shape index (κ2) is 8.09. The summed E-state index contributed by atoms with van der Waals surface area (Å²) in [5.74, 6) is 1.87. The number of nitrogens with one attached hydrogen (secondary N) is 2. The van der Waals surface area contributed by atoms with Crippen LogP contribution in [0.1, 0.15) is 48.0 Å². The van der Waals surface area contributed by atoms with Gasteiger partial charge < -0.3 is 10.3 Å². The van der Waals surface area contributed by atoms with E-state index in [4.69, 9.17) is 0 Å². The van der Waals surface area contributed by atoms with Crippen LogP contribution >= 0.6 is 23.1 Å². The van der Waals surface area contributed by atoms with E-state index in [0.29, 0.717) is 23.2 Å². The van der Waals surface area contributed by atoms with Gasteiger partial charge in [0.1, 0.15) is 10.7 Å². The molecule has 0 fully saturated rings. The van der Waals surface area contributed by atoms with Crippen molar-refractivity contribution in [1.29, 1.82) is 0 Å². The van der Waals surface area contributed by atoms with Crippen LogP contribution in [0.25, 0.3) is 10.2 Å². The third kappa shape index (κ3) is 4.00. The van der Waals surface area contributed by atoms with Gasteiger partial charge in [0.15, 0.2) is 0 Å². The molecule has 28 heavy (non-hydrogen) atoms. The zero-order valence-electron chi connectivity index (χ0n) is 16.0. The van der Waals surface area contributed by atoms with E-state index in [-0.39, 0.29) is 11.5 Å². The van der Waals surface area contributed by atoms with Gasteiger partial charge in [-0.2, -0.15) is 0 Å². The Bertz CT molecular complexity index is 1070. The summed E-state index contributed by atoms with van der Waals surface area (Å²) in [6.45, 7) is 4.29. The normalized spacial score (nSPS) is 13.2. The summed E-state index contributed by atoms with van der Waals surface area (Å²) < 4.78 is 0. The molecule has 146 valence electrons. The van der Waals surface area contributed by atoms with Gasteiger partial charge in [-0.1, -0.05) is 26.0 Å². The predicted octanol–water partition coefficient (Wildman–Crippen LogP) is 4.47. The number of nitrogens with zero attached hydrogens (tertiary/aromatic N) is 1. The summed E-state index contributed by atoms with van der Waals surface area (Å²) in [5, 5.41) is 3.68. The van der Waals surface area contributed by atoms with Gasteiger partial charge in [-0.25, -0.2) is 4.98 Å². The van der Waals surface area contributed by atoms with Gasteiger partial charge in [0, 0.05) is 10.6 Å². The fourth-order valence-electron chi connectivity index (χ4n) is 3.50. The number of anilines is 1. The van der Waals surface area contributed by atoms with E-state index in [2.05, 4.69) is 29.1 Å². The molecule has 0 radical (unpaired) electrons. The Kier molecular flexibility index (Phi) is 5.55. The SMILES string of the molecule is CC(C)c1ccc(NC(=O)CSCc2nc3sc4c(c3c(=O)[nH]2)CCC4)cc1. The maximum atomic E-state index is 12.5. The molecule has 0 unspecified atom stereocenters. The first-order valence-electron chi connectivity index (χ1n) is 9.52. The van der Waals surface area contributed by atoms with Crippen molar-refractivity contribution in [2.45, 2.75) is 44.8 Å². The molecule has 3 aromatic rings. The third-order valence-electron chi connectivity index (χ3n) is 4.96. The predicted molar refractivity (Wildman–Crippen MR) is 118 cm³/mol. The summed E-state index contributed by atoms with van der Waals surface area (Å²) in [6, 6.07) is 7.94. The fraction of sp³-hybridized carbons (Fsp3) is 0.381. The van der Waals surface area contributed by atoms with Gasteiger partial charge in [0.2, 0.25) is 5.91 Å². The van der Waals surface area contributed by atoms with E-state index >= 15 is 0 Å². The molecule has 0 saturated heterocycles. The molecule has 0 spiro atoms. The van der Waals surface area contributed by atoms with Crippen LogP contribution in [0.15, 0.2) is 29.1 Å². The standard InChI is InChI=1S/C21H23N3O2S2/c1-12(2)13-6-8-14(9-7-13)22-18(25)11-27-10-17-23-20(26)19-15-4-3-5-16(15)28-21(19)24-17/h6-9,12H,3-5,10-11H2,1-2H3,(H,22,25)(H,23,24,26). The zero-order valence-corrected chi connectivity index (χ0v) is 17.6. The number of aromatic amines is 1. The average Bonchev–Trinajstić information content (AvgIpc) is 3.22. The molecule has 1 aromatic carbocycles. The minimum atomic E-state index is -0.0548. The van der Waals surface area contributed by atoms with E-state index in [0.717, 1.165) is 35.2 Å². The highest BCUT2D eigenvalue weighted by Gasteiger charge is 2.21. The Morgan fingerprint density at radius 2 is 2.07 bits per heavy atom. The van der Waals surface area contributed by atoms with E-state index in [1.54, 1.807) is 11.3 Å². The summed E-state index contributed by atoms with van der Waals surface area (Å²) in [4.78, 5) is 34.3.